The minimum Gasteiger partial charge on any atom is -0.322 e. The van der Waals surface area contributed by atoms with Gasteiger partial charge in [-0.3, -0.25) is 9.48 Å². The summed E-state index contributed by atoms with van der Waals surface area (Å²) in [5.74, 6) is 0.768. The number of hydrogen-bond acceptors (Lipinski definition) is 3. The van der Waals surface area contributed by atoms with Gasteiger partial charge in [-0.05, 0) is 46.0 Å². The van der Waals surface area contributed by atoms with E-state index in [1.54, 1.807) is 6.20 Å². The van der Waals surface area contributed by atoms with Crippen molar-refractivity contribution in [2.75, 3.05) is 5.32 Å². The van der Waals surface area contributed by atoms with E-state index in [1.165, 1.54) is 25.7 Å². The van der Waals surface area contributed by atoms with Gasteiger partial charge in [0.05, 0.1) is 23.5 Å². The van der Waals surface area contributed by atoms with Gasteiger partial charge in [-0.2, -0.15) is 5.10 Å². The summed E-state index contributed by atoms with van der Waals surface area (Å²) < 4.78 is 1.88. The molecule has 0 bridgehead atoms. The fourth-order valence-corrected chi connectivity index (χ4v) is 3.50. The second kappa shape index (κ2) is 5.44. The molecule has 1 aliphatic carbocycles. The zero-order valence-electron chi connectivity index (χ0n) is 13.2. The average molecular weight is 290 g/mol. The van der Waals surface area contributed by atoms with E-state index in [0.29, 0.717) is 12.0 Å². The van der Waals surface area contributed by atoms with Crippen molar-refractivity contribution < 1.29 is 4.79 Å². The van der Waals surface area contributed by atoms with E-state index in [-0.39, 0.29) is 17.5 Å². The lowest BCUT2D eigenvalue weighted by Crippen LogP contribution is -2.39. The van der Waals surface area contributed by atoms with Gasteiger partial charge in [0.1, 0.15) is 0 Å². The van der Waals surface area contributed by atoms with Gasteiger partial charge in [0.15, 0.2) is 0 Å². The number of nitrogens with one attached hydrogen (secondary N) is 2. The van der Waals surface area contributed by atoms with E-state index in [4.69, 9.17) is 0 Å². The van der Waals surface area contributed by atoms with Crippen LogP contribution in [0.2, 0.25) is 0 Å². The zero-order chi connectivity index (χ0) is 15.0. The van der Waals surface area contributed by atoms with Crippen molar-refractivity contribution in [1.82, 2.24) is 15.1 Å². The van der Waals surface area contributed by atoms with Crippen LogP contribution in [0.25, 0.3) is 0 Å². The van der Waals surface area contributed by atoms with Crippen molar-refractivity contribution in [3.8, 4) is 0 Å². The van der Waals surface area contributed by atoms with Crippen LogP contribution < -0.4 is 10.6 Å². The molecule has 1 aliphatic heterocycles. The molecule has 2 aliphatic rings. The first-order valence-corrected chi connectivity index (χ1v) is 8.05. The third-order valence-electron chi connectivity index (χ3n) is 4.72. The van der Waals surface area contributed by atoms with Crippen LogP contribution in [0, 0.1) is 5.92 Å². The van der Waals surface area contributed by atoms with Crippen LogP contribution in [0.4, 0.5) is 5.69 Å². The predicted octanol–water partition coefficient (Wildman–Crippen LogP) is 2.50. The molecule has 1 saturated carbocycles. The van der Waals surface area contributed by atoms with Gasteiger partial charge in [-0.1, -0.05) is 12.8 Å². The van der Waals surface area contributed by atoms with Gasteiger partial charge in [0.25, 0.3) is 0 Å². The van der Waals surface area contributed by atoms with Crippen LogP contribution in [0.3, 0.4) is 0 Å². The quantitative estimate of drug-likeness (QED) is 0.880. The van der Waals surface area contributed by atoms with Crippen molar-refractivity contribution in [2.24, 2.45) is 5.92 Å². The van der Waals surface area contributed by atoms with Crippen molar-refractivity contribution in [1.29, 1.82) is 0 Å². The lowest BCUT2D eigenvalue weighted by Gasteiger charge is -2.24. The van der Waals surface area contributed by atoms with Crippen molar-refractivity contribution in [3.63, 3.8) is 0 Å². The van der Waals surface area contributed by atoms with Gasteiger partial charge in [-0.25, -0.2) is 0 Å². The summed E-state index contributed by atoms with van der Waals surface area (Å²) in [6, 6.07) is 0.503. The molecule has 2 N–H and O–H groups in total. The number of nitrogens with zero attached hydrogens (tertiary/aromatic N) is 2. The molecule has 3 atom stereocenters. The van der Waals surface area contributed by atoms with Crippen molar-refractivity contribution in [2.45, 2.75) is 70.5 Å². The number of rotatable bonds is 2. The Hall–Kier alpha value is -1.36. The van der Waals surface area contributed by atoms with E-state index >= 15 is 0 Å². The second-order valence-corrected chi connectivity index (χ2v) is 7.44. The van der Waals surface area contributed by atoms with E-state index in [9.17, 15) is 4.79 Å². The molecular weight excluding hydrogens is 264 g/mol. The van der Waals surface area contributed by atoms with Crippen molar-refractivity contribution in [3.05, 3.63) is 12.4 Å². The lowest BCUT2D eigenvalue weighted by atomic mass is 9.85. The normalized spacial score (nSPS) is 29.2. The monoisotopic (exact) mass is 290 g/mol. The highest BCUT2D eigenvalue weighted by molar-refractivity contribution is 5.94. The number of hydrogen-bond donors (Lipinski definition) is 2. The Morgan fingerprint density at radius 1 is 1.38 bits per heavy atom. The van der Waals surface area contributed by atoms with E-state index in [2.05, 4.69) is 36.5 Å². The predicted molar refractivity (Wildman–Crippen MR) is 83.1 cm³/mol. The van der Waals surface area contributed by atoms with Crippen LogP contribution >= 0.6 is 0 Å². The maximum absolute atomic E-state index is 12.4. The minimum absolute atomic E-state index is 0.0453. The third-order valence-corrected chi connectivity index (χ3v) is 4.72. The molecule has 116 valence electrons. The summed E-state index contributed by atoms with van der Waals surface area (Å²) in [7, 11) is 0. The molecule has 5 heteroatoms. The summed E-state index contributed by atoms with van der Waals surface area (Å²) in [5, 5.41) is 10.8. The number of carbonyl (C=O) groups is 1. The van der Waals surface area contributed by atoms with E-state index < -0.39 is 0 Å². The van der Waals surface area contributed by atoms with Crippen molar-refractivity contribution >= 4 is 11.6 Å². The number of fused-ring (bicyclic) bond motifs is 1. The van der Waals surface area contributed by atoms with E-state index in [1.807, 2.05) is 10.9 Å². The Labute approximate surface area is 126 Å². The Balaban J connectivity index is 1.60. The van der Waals surface area contributed by atoms with Crippen LogP contribution in [0.5, 0.6) is 0 Å². The summed E-state index contributed by atoms with van der Waals surface area (Å²) in [6.45, 7) is 6.28. The molecule has 3 unspecified atom stereocenters. The largest absolute Gasteiger partial charge is 0.322 e. The van der Waals surface area contributed by atoms with Crippen LogP contribution in [-0.2, 0) is 10.3 Å². The molecule has 0 aromatic carbocycles. The molecule has 2 heterocycles. The zero-order valence-corrected chi connectivity index (χ0v) is 13.2. The maximum Gasteiger partial charge on any atom is 0.241 e. The molecule has 3 rings (SSSR count). The number of carbonyl (C=O) groups excluding carboxylic acids is 1. The van der Waals surface area contributed by atoms with Gasteiger partial charge in [-0.15, -0.1) is 0 Å². The Kier molecular flexibility index (Phi) is 3.78. The number of amides is 1. The van der Waals surface area contributed by atoms with Crippen LogP contribution in [-0.4, -0.2) is 27.8 Å². The summed E-state index contributed by atoms with van der Waals surface area (Å²) in [6.07, 6.45) is 9.70. The smallest absolute Gasteiger partial charge is 0.241 e. The number of aromatic nitrogens is 2. The SMILES string of the molecule is CC(C)(C)n1cc(NC(=O)C2CC3CCCCC3N2)cn1. The van der Waals surface area contributed by atoms with Gasteiger partial charge < -0.3 is 10.6 Å². The van der Waals surface area contributed by atoms with E-state index in [0.717, 1.165) is 12.1 Å². The standard InChI is InChI=1S/C16H26N4O/c1-16(2,3)20-10-12(9-17-20)18-15(21)14-8-11-6-4-5-7-13(11)19-14/h9-11,13-14,19H,4-8H2,1-3H3,(H,18,21). The highest BCUT2D eigenvalue weighted by Gasteiger charge is 2.38. The third kappa shape index (κ3) is 3.12. The first-order chi connectivity index (χ1) is 9.93. The Morgan fingerprint density at radius 3 is 2.81 bits per heavy atom. The number of anilines is 1. The summed E-state index contributed by atoms with van der Waals surface area (Å²) >= 11 is 0. The highest BCUT2D eigenvalue weighted by atomic mass is 16.2. The Morgan fingerprint density at radius 2 is 2.14 bits per heavy atom. The molecule has 1 amide bonds. The first-order valence-electron chi connectivity index (χ1n) is 8.05. The van der Waals surface area contributed by atoms with Crippen LogP contribution in [0.15, 0.2) is 12.4 Å². The molecular formula is C16H26N4O. The Bertz CT molecular complexity index is 503. The molecule has 5 nitrogen and oxygen atoms in total. The minimum atomic E-state index is -0.0659. The molecule has 1 aromatic heterocycles. The molecule has 1 saturated heterocycles. The first kappa shape index (κ1) is 14.6. The van der Waals surface area contributed by atoms with Gasteiger partial charge in [0, 0.05) is 12.2 Å². The fourth-order valence-electron chi connectivity index (χ4n) is 3.50. The highest BCUT2D eigenvalue weighted by Crippen LogP contribution is 2.33. The molecule has 21 heavy (non-hydrogen) atoms. The molecule has 2 fully saturated rings. The lowest BCUT2D eigenvalue weighted by molar-refractivity contribution is -0.117. The second-order valence-electron chi connectivity index (χ2n) is 7.44. The molecule has 0 spiro atoms. The maximum atomic E-state index is 12.4. The average Bonchev–Trinajstić information content (AvgIpc) is 3.03. The van der Waals surface area contributed by atoms with Gasteiger partial charge in [0.2, 0.25) is 5.91 Å². The summed E-state index contributed by atoms with van der Waals surface area (Å²) in [4.78, 5) is 12.4. The fraction of sp³-hybridized carbons (Fsp3) is 0.750. The topological polar surface area (TPSA) is 59.0 Å². The molecule has 1 aromatic rings. The van der Waals surface area contributed by atoms with Gasteiger partial charge >= 0.3 is 0 Å². The summed E-state index contributed by atoms with van der Waals surface area (Å²) in [5.41, 5.74) is 0.718. The molecule has 0 radical (unpaired) electrons. The van der Waals surface area contributed by atoms with Crippen LogP contribution in [0.1, 0.15) is 52.9 Å².